The lowest BCUT2D eigenvalue weighted by atomic mass is 10.1. The number of methoxy groups -OCH3 is 1. The van der Waals surface area contributed by atoms with Gasteiger partial charge in [0.05, 0.1) is 18.4 Å². The fourth-order valence-corrected chi connectivity index (χ4v) is 4.56. The number of hydrogen-bond donors (Lipinski definition) is 1. The Morgan fingerprint density at radius 2 is 1.89 bits per heavy atom. The van der Waals surface area contributed by atoms with Crippen LogP contribution in [0.25, 0.3) is 22.3 Å². The number of nitrogens with zero attached hydrogens (tertiary/aromatic N) is 7. The number of pyridine rings is 1. The van der Waals surface area contributed by atoms with E-state index in [1.165, 1.54) is 0 Å². The third-order valence-corrected chi connectivity index (χ3v) is 6.63. The molecule has 188 valence electrons. The third-order valence-electron chi connectivity index (χ3n) is 6.63. The van der Waals surface area contributed by atoms with Gasteiger partial charge < -0.3 is 24.3 Å². The van der Waals surface area contributed by atoms with Gasteiger partial charge in [0, 0.05) is 50.1 Å². The summed E-state index contributed by atoms with van der Waals surface area (Å²) in [5.74, 6) is 3.71. The van der Waals surface area contributed by atoms with E-state index in [1.54, 1.807) is 7.11 Å². The first-order chi connectivity index (χ1) is 17.5. The van der Waals surface area contributed by atoms with E-state index in [-0.39, 0.29) is 0 Å². The first-order valence-corrected chi connectivity index (χ1v) is 12.3. The van der Waals surface area contributed by atoms with Gasteiger partial charge in [0.1, 0.15) is 17.1 Å². The monoisotopic (exact) mass is 488 g/mol. The molecule has 0 bridgehead atoms. The van der Waals surface area contributed by atoms with Crippen molar-refractivity contribution < 1.29 is 9.47 Å². The second-order valence-corrected chi connectivity index (χ2v) is 9.04. The molecule has 3 aromatic heterocycles. The lowest BCUT2D eigenvalue weighted by Gasteiger charge is -2.32. The molecule has 36 heavy (non-hydrogen) atoms. The summed E-state index contributed by atoms with van der Waals surface area (Å²) in [7, 11) is 3.73. The van der Waals surface area contributed by atoms with Gasteiger partial charge in [-0.3, -0.25) is 0 Å². The van der Waals surface area contributed by atoms with Crippen LogP contribution in [0.4, 0.5) is 17.5 Å². The van der Waals surface area contributed by atoms with E-state index in [0.717, 1.165) is 71.2 Å². The van der Waals surface area contributed by atoms with Gasteiger partial charge in [0.15, 0.2) is 11.6 Å². The van der Waals surface area contributed by atoms with Crippen LogP contribution in [0, 0.1) is 13.8 Å². The van der Waals surface area contributed by atoms with Gasteiger partial charge in [-0.25, -0.2) is 15.0 Å². The van der Waals surface area contributed by atoms with Crippen molar-refractivity contribution in [1.29, 1.82) is 0 Å². The minimum absolute atomic E-state index is 0.301. The van der Waals surface area contributed by atoms with E-state index in [9.17, 15) is 0 Å². The van der Waals surface area contributed by atoms with E-state index < -0.39 is 0 Å². The summed E-state index contributed by atoms with van der Waals surface area (Å²) in [4.78, 5) is 16.6. The Morgan fingerprint density at radius 1 is 1.08 bits per heavy atom. The molecule has 4 heterocycles. The highest BCUT2D eigenvalue weighted by Gasteiger charge is 2.22. The van der Waals surface area contributed by atoms with Crippen LogP contribution in [0.15, 0.2) is 30.5 Å². The number of aryl methyl sites for hydroxylation is 2. The molecule has 10 nitrogen and oxygen atoms in total. The number of ether oxygens (including phenoxy) is 2. The van der Waals surface area contributed by atoms with Crippen molar-refractivity contribution in [1.82, 2.24) is 29.7 Å². The van der Waals surface area contributed by atoms with Gasteiger partial charge in [0.25, 0.3) is 0 Å². The Hall–Kier alpha value is -3.79. The highest BCUT2D eigenvalue weighted by molar-refractivity contribution is 5.89. The summed E-state index contributed by atoms with van der Waals surface area (Å²) in [5, 5.41) is 12.8. The van der Waals surface area contributed by atoms with Crippen LogP contribution in [-0.4, -0.2) is 62.6 Å². The minimum Gasteiger partial charge on any atom is -0.492 e. The van der Waals surface area contributed by atoms with E-state index in [4.69, 9.17) is 19.4 Å². The van der Waals surface area contributed by atoms with Crippen molar-refractivity contribution in [3.63, 3.8) is 0 Å². The highest BCUT2D eigenvalue weighted by atomic mass is 16.5. The van der Waals surface area contributed by atoms with Crippen LogP contribution in [0.5, 0.6) is 5.75 Å². The van der Waals surface area contributed by atoms with Crippen molar-refractivity contribution in [2.24, 2.45) is 7.05 Å². The Kier molecular flexibility index (Phi) is 6.69. The molecule has 0 amide bonds. The van der Waals surface area contributed by atoms with E-state index >= 15 is 0 Å². The SMILES string of the molecule is CCOc1cc(-c2nnc(C)n2C)ccc1Nc1ncc2cc(C)nc(N3CCC(OC)CC3)c2n1. The van der Waals surface area contributed by atoms with Crippen molar-refractivity contribution in [3.05, 3.63) is 42.0 Å². The zero-order chi connectivity index (χ0) is 25.2. The lowest BCUT2D eigenvalue weighted by Crippen LogP contribution is -2.37. The number of nitrogens with one attached hydrogen (secondary N) is 1. The molecule has 1 N–H and O–H groups in total. The van der Waals surface area contributed by atoms with Gasteiger partial charge in [-0.1, -0.05) is 0 Å². The maximum atomic E-state index is 5.95. The van der Waals surface area contributed by atoms with Crippen LogP contribution in [0.1, 0.15) is 31.3 Å². The molecule has 4 aromatic rings. The van der Waals surface area contributed by atoms with Crippen LogP contribution in [-0.2, 0) is 11.8 Å². The maximum Gasteiger partial charge on any atom is 0.227 e. The molecular formula is C26H32N8O2. The van der Waals surface area contributed by atoms with Crippen LogP contribution < -0.4 is 15.0 Å². The topological polar surface area (TPSA) is 103 Å². The summed E-state index contributed by atoms with van der Waals surface area (Å²) >= 11 is 0. The molecule has 0 unspecified atom stereocenters. The molecule has 0 radical (unpaired) electrons. The summed E-state index contributed by atoms with van der Waals surface area (Å²) in [6.45, 7) is 8.19. The number of benzene rings is 1. The van der Waals surface area contributed by atoms with Gasteiger partial charge in [-0.05, 0) is 57.9 Å². The van der Waals surface area contributed by atoms with Crippen LogP contribution in [0.3, 0.4) is 0 Å². The second-order valence-electron chi connectivity index (χ2n) is 9.04. The Balaban J connectivity index is 1.48. The quantitative estimate of drug-likeness (QED) is 0.410. The normalized spacial score (nSPS) is 14.4. The molecule has 10 heteroatoms. The molecule has 0 atom stereocenters. The summed E-state index contributed by atoms with van der Waals surface area (Å²) in [6, 6.07) is 7.94. The number of hydrogen-bond acceptors (Lipinski definition) is 9. The van der Waals surface area contributed by atoms with Gasteiger partial charge in [0.2, 0.25) is 5.95 Å². The maximum absolute atomic E-state index is 5.95. The number of rotatable bonds is 7. The molecule has 1 saturated heterocycles. The van der Waals surface area contributed by atoms with Crippen molar-refractivity contribution >= 4 is 28.4 Å². The van der Waals surface area contributed by atoms with Crippen LogP contribution in [0.2, 0.25) is 0 Å². The first-order valence-electron chi connectivity index (χ1n) is 12.3. The number of aromatic nitrogens is 6. The smallest absolute Gasteiger partial charge is 0.227 e. The minimum atomic E-state index is 0.301. The standard InChI is InChI=1S/C26H32N8O2/c1-6-36-22-14-18(24-32-31-17(3)33(24)4)7-8-21(22)29-26-27-15-19-13-16(2)28-25(23(19)30-26)34-11-9-20(35-5)10-12-34/h7-8,13-15,20H,6,9-12H2,1-5H3,(H,27,29,30). The molecule has 0 aliphatic carbocycles. The summed E-state index contributed by atoms with van der Waals surface area (Å²) in [5.41, 5.74) is 3.48. The summed E-state index contributed by atoms with van der Waals surface area (Å²) < 4.78 is 13.5. The summed E-state index contributed by atoms with van der Waals surface area (Å²) in [6.07, 6.45) is 4.09. The third kappa shape index (κ3) is 4.68. The lowest BCUT2D eigenvalue weighted by molar-refractivity contribution is 0.0818. The molecule has 0 saturated carbocycles. The van der Waals surface area contributed by atoms with E-state index in [1.807, 2.05) is 62.8 Å². The molecule has 1 aliphatic heterocycles. The first kappa shape index (κ1) is 23.9. The molecule has 1 aliphatic rings. The van der Waals surface area contributed by atoms with Crippen LogP contribution >= 0.6 is 0 Å². The average molecular weight is 489 g/mol. The van der Waals surface area contributed by atoms with Gasteiger partial charge in [-0.15, -0.1) is 10.2 Å². The molecule has 5 rings (SSSR count). The fraction of sp³-hybridized carbons (Fsp3) is 0.423. The fourth-order valence-electron chi connectivity index (χ4n) is 4.56. The van der Waals surface area contributed by atoms with E-state index in [0.29, 0.717) is 24.4 Å². The molecular weight excluding hydrogens is 456 g/mol. The highest BCUT2D eigenvalue weighted by Crippen LogP contribution is 2.33. The Labute approximate surface area is 210 Å². The number of anilines is 3. The predicted molar refractivity (Wildman–Crippen MR) is 140 cm³/mol. The second kappa shape index (κ2) is 10.1. The Bertz CT molecular complexity index is 1380. The molecule has 1 fully saturated rings. The number of fused-ring (bicyclic) bond motifs is 1. The zero-order valence-corrected chi connectivity index (χ0v) is 21.4. The van der Waals surface area contributed by atoms with Crippen molar-refractivity contribution in [2.45, 2.75) is 39.7 Å². The molecule has 1 aromatic carbocycles. The zero-order valence-electron chi connectivity index (χ0n) is 21.4. The average Bonchev–Trinajstić information content (AvgIpc) is 3.23. The van der Waals surface area contributed by atoms with Crippen molar-refractivity contribution in [2.75, 3.05) is 37.0 Å². The van der Waals surface area contributed by atoms with E-state index in [2.05, 4.69) is 25.4 Å². The molecule has 0 spiro atoms. The predicted octanol–water partition coefficient (Wildman–Crippen LogP) is 4.19. The Morgan fingerprint density at radius 3 is 2.58 bits per heavy atom. The largest absolute Gasteiger partial charge is 0.492 e. The van der Waals surface area contributed by atoms with Crippen molar-refractivity contribution in [3.8, 4) is 17.1 Å². The number of piperidine rings is 1. The van der Waals surface area contributed by atoms with Gasteiger partial charge in [-0.2, -0.15) is 0 Å². The van der Waals surface area contributed by atoms with Gasteiger partial charge >= 0.3 is 0 Å².